The van der Waals surface area contributed by atoms with Crippen LogP contribution in [0, 0.1) is 46.8 Å². The van der Waals surface area contributed by atoms with Gasteiger partial charge in [-0.1, -0.05) is 34.1 Å². The Bertz CT molecular complexity index is 593. The van der Waals surface area contributed by atoms with Crippen molar-refractivity contribution in [3.05, 3.63) is 0 Å². The number of carbonyl (C=O) groups is 1. The minimum Gasteiger partial charge on any atom is -0.322 e. The Hall–Kier alpha value is -1.10. The van der Waals surface area contributed by atoms with Crippen LogP contribution in [0.5, 0.6) is 0 Å². The summed E-state index contributed by atoms with van der Waals surface area (Å²) in [5, 5.41) is 4.77. The number of nitrogens with two attached hydrogens (primary N) is 2. The molecule has 0 radical (unpaired) electrons. The van der Waals surface area contributed by atoms with Crippen LogP contribution in [0.4, 0.5) is 0 Å². The topological polar surface area (TPSA) is 84.7 Å². The highest BCUT2D eigenvalue weighted by atomic mass is 16.1. The number of hydrazone groups is 1. The second kappa shape index (κ2) is 9.36. The zero-order chi connectivity index (χ0) is 21.2. The molecule has 0 saturated heterocycles. The van der Waals surface area contributed by atoms with E-state index in [9.17, 15) is 4.79 Å². The molecule has 166 valence electrons. The quantitative estimate of drug-likeness (QED) is 0.311. The molecular formula is C24H44N4O. The van der Waals surface area contributed by atoms with Crippen molar-refractivity contribution in [2.45, 2.75) is 85.5 Å². The molecule has 0 aromatic heterocycles. The first kappa shape index (κ1) is 22.6. The Balaban J connectivity index is 0.00000117. The Morgan fingerprint density at radius 2 is 1.79 bits per heavy atom. The lowest BCUT2D eigenvalue weighted by Crippen LogP contribution is -2.50. The standard InChI is InChI=1S/C22H38N4O.C2H6/c1-14-3-5-16-15(11-14)4-6-18-17(16)9-10-22(2)19(18)7-8-20(22)21(27)12-26(24)13-25-23;1-2/h13-20H,3-12,23-24H2,1-2H3;1-2H3/b25-13-;. The van der Waals surface area contributed by atoms with Crippen LogP contribution in [0.3, 0.4) is 0 Å². The zero-order valence-electron chi connectivity index (χ0n) is 19.1. The summed E-state index contributed by atoms with van der Waals surface area (Å²) in [5.74, 6) is 16.8. The highest BCUT2D eigenvalue weighted by Gasteiger charge is 2.58. The number of Topliss-reactive ketones (excluding diaryl/α,β-unsaturated/α-hetero) is 1. The number of hydrogen-bond acceptors (Lipinski definition) is 4. The van der Waals surface area contributed by atoms with Gasteiger partial charge in [0.15, 0.2) is 5.78 Å². The van der Waals surface area contributed by atoms with Gasteiger partial charge < -0.3 is 5.84 Å². The third-order valence-corrected chi connectivity index (χ3v) is 9.16. The predicted molar refractivity (Wildman–Crippen MR) is 120 cm³/mol. The number of hydrogen-bond donors (Lipinski definition) is 2. The minimum atomic E-state index is 0.157. The lowest BCUT2D eigenvalue weighted by molar-refractivity contribution is -0.130. The van der Waals surface area contributed by atoms with Gasteiger partial charge in [-0.2, -0.15) is 5.10 Å². The molecule has 4 aliphatic rings. The molecule has 0 amide bonds. The molecule has 0 aromatic carbocycles. The van der Waals surface area contributed by atoms with E-state index in [0.29, 0.717) is 0 Å². The van der Waals surface area contributed by atoms with E-state index < -0.39 is 0 Å². The number of hydrazine groups is 1. The summed E-state index contributed by atoms with van der Waals surface area (Å²) in [5.41, 5.74) is 0.174. The lowest BCUT2D eigenvalue weighted by Gasteiger charge is -2.56. The molecule has 5 nitrogen and oxygen atoms in total. The molecule has 0 aliphatic heterocycles. The van der Waals surface area contributed by atoms with Crippen molar-refractivity contribution in [2.75, 3.05) is 6.54 Å². The van der Waals surface area contributed by atoms with Crippen LogP contribution in [0.15, 0.2) is 5.10 Å². The van der Waals surface area contributed by atoms with Crippen molar-refractivity contribution in [1.82, 2.24) is 5.01 Å². The Morgan fingerprint density at radius 1 is 1.07 bits per heavy atom. The van der Waals surface area contributed by atoms with Gasteiger partial charge in [0.25, 0.3) is 0 Å². The number of ketones is 1. The largest absolute Gasteiger partial charge is 0.322 e. The van der Waals surface area contributed by atoms with Gasteiger partial charge in [-0.3, -0.25) is 9.80 Å². The van der Waals surface area contributed by atoms with Crippen molar-refractivity contribution in [1.29, 1.82) is 0 Å². The number of nitrogens with zero attached hydrogens (tertiary/aromatic N) is 2. The van der Waals surface area contributed by atoms with Crippen molar-refractivity contribution < 1.29 is 4.79 Å². The van der Waals surface area contributed by atoms with Crippen LogP contribution in [0.1, 0.15) is 85.5 Å². The van der Waals surface area contributed by atoms with Gasteiger partial charge in [0, 0.05) is 5.92 Å². The van der Waals surface area contributed by atoms with E-state index in [-0.39, 0.29) is 23.7 Å². The maximum atomic E-state index is 13.0. The molecule has 4 N–H and O–H groups in total. The first-order chi connectivity index (χ1) is 13.9. The molecule has 4 fully saturated rings. The summed E-state index contributed by atoms with van der Waals surface area (Å²) in [6, 6.07) is 0. The van der Waals surface area contributed by atoms with Gasteiger partial charge in [-0.25, -0.2) is 5.84 Å². The maximum Gasteiger partial charge on any atom is 0.157 e. The summed E-state index contributed by atoms with van der Waals surface area (Å²) in [6.45, 7) is 9.09. The third-order valence-electron chi connectivity index (χ3n) is 9.16. The average molecular weight is 405 g/mol. The number of carbonyl (C=O) groups excluding carboxylic acids is 1. The molecule has 5 heteroatoms. The fourth-order valence-electron chi connectivity index (χ4n) is 8.03. The average Bonchev–Trinajstić information content (AvgIpc) is 3.06. The summed E-state index contributed by atoms with van der Waals surface area (Å²) >= 11 is 0. The monoisotopic (exact) mass is 404 g/mol. The smallest absolute Gasteiger partial charge is 0.157 e. The van der Waals surface area contributed by atoms with Gasteiger partial charge >= 0.3 is 0 Å². The molecule has 0 heterocycles. The highest BCUT2D eigenvalue weighted by molar-refractivity contribution is 5.85. The first-order valence-corrected chi connectivity index (χ1v) is 12.2. The minimum absolute atomic E-state index is 0.157. The van der Waals surface area contributed by atoms with Crippen LogP contribution in [0.25, 0.3) is 0 Å². The third kappa shape index (κ3) is 4.22. The molecule has 0 spiro atoms. The first-order valence-electron chi connectivity index (χ1n) is 12.2. The fraction of sp³-hybridized carbons (Fsp3) is 0.917. The van der Waals surface area contributed by atoms with Gasteiger partial charge in [0.05, 0.1) is 6.54 Å². The fourth-order valence-corrected chi connectivity index (χ4v) is 8.03. The molecule has 0 bridgehead atoms. The number of fused-ring (bicyclic) bond motifs is 5. The Morgan fingerprint density at radius 3 is 2.52 bits per heavy atom. The van der Waals surface area contributed by atoms with Crippen LogP contribution in [-0.2, 0) is 4.79 Å². The van der Waals surface area contributed by atoms with Gasteiger partial charge in [-0.05, 0) is 92.3 Å². The van der Waals surface area contributed by atoms with Crippen LogP contribution < -0.4 is 11.7 Å². The van der Waals surface area contributed by atoms with Crippen LogP contribution in [0.2, 0.25) is 0 Å². The molecule has 4 rings (SSSR count). The zero-order valence-corrected chi connectivity index (χ0v) is 19.1. The predicted octanol–water partition coefficient (Wildman–Crippen LogP) is 4.56. The summed E-state index contributed by atoms with van der Waals surface area (Å²) in [4.78, 5) is 13.0. The molecule has 8 atom stereocenters. The molecule has 8 unspecified atom stereocenters. The second-order valence-electron chi connectivity index (χ2n) is 10.4. The summed E-state index contributed by atoms with van der Waals surface area (Å²) in [6.07, 6.45) is 13.4. The van der Waals surface area contributed by atoms with E-state index in [4.69, 9.17) is 11.7 Å². The van der Waals surface area contributed by atoms with E-state index in [1.54, 1.807) is 0 Å². The van der Waals surface area contributed by atoms with Crippen molar-refractivity contribution in [2.24, 2.45) is 63.6 Å². The van der Waals surface area contributed by atoms with Crippen molar-refractivity contribution in [3.63, 3.8) is 0 Å². The second-order valence-corrected chi connectivity index (χ2v) is 10.4. The van der Waals surface area contributed by atoms with E-state index in [1.807, 2.05) is 13.8 Å². The van der Waals surface area contributed by atoms with Gasteiger partial charge in [0.2, 0.25) is 0 Å². The normalized spacial score (nSPS) is 43.6. The van der Waals surface area contributed by atoms with Crippen LogP contribution in [-0.4, -0.2) is 23.7 Å². The number of rotatable bonds is 4. The summed E-state index contributed by atoms with van der Waals surface area (Å²) in [7, 11) is 0. The van der Waals surface area contributed by atoms with E-state index in [2.05, 4.69) is 18.9 Å². The molecule has 4 saturated carbocycles. The van der Waals surface area contributed by atoms with E-state index in [0.717, 1.165) is 41.9 Å². The van der Waals surface area contributed by atoms with Crippen molar-refractivity contribution >= 4 is 12.1 Å². The molecule has 0 aromatic rings. The van der Waals surface area contributed by atoms with E-state index in [1.165, 1.54) is 62.7 Å². The SMILES string of the molecule is CC.CC1CCC2C(CCC3C2CCC2(C)C(C(=O)CN(N)/C=N\N)CCC32)C1. The van der Waals surface area contributed by atoms with Gasteiger partial charge in [-0.15, -0.1) is 0 Å². The molecule has 29 heavy (non-hydrogen) atoms. The van der Waals surface area contributed by atoms with Crippen LogP contribution >= 0.6 is 0 Å². The maximum absolute atomic E-state index is 13.0. The molecular weight excluding hydrogens is 360 g/mol. The lowest BCUT2D eigenvalue weighted by atomic mass is 9.49. The van der Waals surface area contributed by atoms with Gasteiger partial charge in [0.1, 0.15) is 6.34 Å². The summed E-state index contributed by atoms with van der Waals surface area (Å²) < 4.78 is 0. The van der Waals surface area contributed by atoms with E-state index >= 15 is 0 Å². The Kier molecular flexibility index (Phi) is 7.29. The van der Waals surface area contributed by atoms with Crippen molar-refractivity contribution in [3.8, 4) is 0 Å². The Labute approximate surface area is 178 Å². The molecule has 4 aliphatic carbocycles. The highest BCUT2D eigenvalue weighted by Crippen LogP contribution is 2.64.